The second-order valence-corrected chi connectivity index (χ2v) is 15.4. The van der Waals surface area contributed by atoms with Gasteiger partial charge >= 0.3 is 6.01 Å². The van der Waals surface area contributed by atoms with E-state index in [1.165, 1.54) is 0 Å². The third-order valence-electron chi connectivity index (χ3n) is 4.94. The molecule has 2 heterocycles. The molecule has 9 heteroatoms. The van der Waals surface area contributed by atoms with E-state index in [1.54, 1.807) is 18.0 Å². The molecule has 0 fully saturated rings. The van der Waals surface area contributed by atoms with Crippen molar-refractivity contribution in [2.45, 2.75) is 52.2 Å². The lowest BCUT2D eigenvalue weighted by Gasteiger charge is -2.18. The normalized spacial score (nSPS) is 11.8. The van der Waals surface area contributed by atoms with Crippen molar-refractivity contribution in [3.05, 3.63) is 46.8 Å². The van der Waals surface area contributed by atoms with E-state index in [4.69, 9.17) is 14.2 Å². The van der Waals surface area contributed by atoms with Gasteiger partial charge in [0.15, 0.2) is 0 Å². The second kappa shape index (κ2) is 10.6. The van der Waals surface area contributed by atoms with Crippen LogP contribution in [0, 0.1) is 0 Å². The highest BCUT2D eigenvalue weighted by Gasteiger charge is 2.20. The minimum absolute atomic E-state index is 0.251. The molecule has 0 aliphatic heterocycles. The van der Waals surface area contributed by atoms with Crippen molar-refractivity contribution in [2.24, 2.45) is 0 Å². The van der Waals surface area contributed by atoms with Crippen LogP contribution in [0.4, 0.5) is 0 Å². The van der Waals surface area contributed by atoms with E-state index < -0.39 is 8.07 Å². The third-order valence-corrected chi connectivity index (χ3v) is 6.98. The van der Waals surface area contributed by atoms with Gasteiger partial charge in [0.25, 0.3) is 0 Å². The third kappa shape index (κ3) is 6.40. The Labute approximate surface area is 199 Å². The van der Waals surface area contributed by atoms with Crippen LogP contribution in [-0.2, 0) is 11.5 Å². The molecule has 0 saturated heterocycles. The van der Waals surface area contributed by atoms with Crippen LogP contribution in [0.25, 0.3) is 11.1 Å². The first kappa shape index (κ1) is 24.4. The summed E-state index contributed by atoms with van der Waals surface area (Å²) in [6.07, 6.45) is 1.73. The van der Waals surface area contributed by atoms with Crippen LogP contribution in [0.2, 0.25) is 25.7 Å². The number of para-hydroxylation sites is 1. The first-order valence-electron chi connectivity index (χ1n) is 10.7. The molecule has 3 rings (SSSR count). The maximum absolute atomic E-state index is 6.41. The van der Waals surface area contributed by atoms with Gasteiger partial charge in [-0.25, -0.2) is 4.98 Å². The number of halogens is 1. The van der Waals surface area contributed by atoms with Crippen LogP contribution in [0.1, 0.15) is 25.3 Å². The average molecular weight is 520 g/mol. The summed E-state index contributed by atoms with van der Waals surface area (Å²) in [6, 6.07) is 11.4. The molecule has 0 spiro atoms. The zero-order valence-electron chi connectivity index (χ0n) is 19.6. The van der Waals surface area contributed by atoms with Crippen LogP contribution in [0.5, 0.6) is 17.6 Å². The fraction of sp³-hybridized carbons (Fsp3) is 0.435. The summed E-state index contributed by atoms with van der Waals surface area (Å²) in [5.74, 6) is 1.53. The van der Waals surface area contributed by atoms with Gasteiger partial charge in [0, 0.05) is 32.5 Å². The highest BCUT2D eigenvalue weighted by molar-refractivity contribution is 9.10. The van der Waals surface area contributed by atoms with E-state index in [9.17, 15) is 0 Å². The average Bonchev–Trinajstić information content (AvgIpc) is 3.09. The number of benzene rings is 1. The maximum atomic E-state index is 6.41. The molecule has 0 atom stereocenters. The number of hydrogen-bond donors (Lipinski definition) is 0. The van der Waals surface area contributed by atoms with Crippen molar-refractivity contribution in [1.29, 1.82) is 0 Å². The summed E-state index contributed by atoms with van der Waals surface area (Å²) >= 11 is 3.37. The predicted octanol–water partition coefficient (Wildman–Crippen LogP) is 6.34. The molecule has 2 aromatic heterocycles. The minimum Gasteiger partial charge on any atom is -0.481 e. The Bertz CT molecular complexity index is 1050. The standard InChI is InChI=1S/C23H31BrN4O3Si/c1-16(2)18-8-7-9-19(17-10-11-25-20(14-17)29-3)21(18)31-23-26-22(24)27-28(23)15-30-12-13-32(4,5)6/h7-11,14,16H,12-13,15H2,1-6H3. The molecule has 7 nitrogen and oxygen atoms in total. The summed E-state index contributed by atoms with van der Waals surface area (Å²) in [4.78, 5) is 8.66. The molecule has 0 aliphatic carbocycles. The first-order chi connectivity index (χ1) is 15.2. The van der Waals surface area contributed by atoms with Crippen molar-refractivity contribution in [1.82, 2.24) is 19.7 Å². The minimum atomic E-state index is -1.16. The molecular weight excluding hydrogens is 488 g/mol. The van der Waals surface area contributed by atoms with E-state index in [1.807, 2.05) is 24.3 Å². The lowest BCUT2D eigenvalue weighted by Crippen LogP contribution is -2.22. The van der Waals surface area contributed by atoms with Gasteiger partial charge in [-0.15, -0.1) is 5.10 Å². The van der Waals surface area contributed by atoms with Crippen LogP contribution >= 0.6 is 15.9 Å². The largest absolute Gasteiger partial charge is 0.481 e. The number of methoxy groups -OCH3 is 1. The van der Waals surface area contributed by atoms with Gasteiger partial charge < -0.3 is 14.2 Å². The summed E-state index contributed by atoms with van der Waals surface area (Å²) in [5, 5.41) is 4.40. The van der Waals surface area contributed by atoms with E-state index in [2.05, 4.69) is 70.6 Å². The number of nitrogens with zero attached hydrogens (tertiary/aromatic N) is 4. The van der Waals surface area contributed by atoms with Crippen LogP contribution in [0.15, 0.2) is 41.3 Å². The first-order valence-corrected chi connectivity index (χ1v) is 15.2. The Kier molecular flexibility index (Phi) is 8.08. The summed E-state index contributed by atoms with van der Waals surface area (Å²) in [7, 11) is 0.444. The lowest BCUT2D eigenvalue weighted by molar-refractivity contribution is 0.0727. The molecule has 0 radical (unpaired) electrons. The highest BCUT2D eigenvalue weighted by atomic mass is 79.9. The predicted molar refractivity (Wildman–Crippen MR) is 132 cm³/mol. The Balaban J connectivity index is 1.93. The molecule has 3 aromatic rings. The second-order valence-electron chi connectivity index (χ2n) is 9.08. The lowest BCUT2D eigenvalue weighted by atomic mass is 9.96. The zero-order chi connectivity index (χ0) is 23.3. The van der Waals surface area contributed by atoms with Crippen molar-refractivity contribution < 1.29 is 14.2 Å². The number of ether oxygens (including phenoxy) is 3. The van der Waals surface area contributed by atoms with Gasteiger partial charge in [-0.05, 0) is 45.1 Å². The summed E-state index contributed by atoms with van der Waals surface area (Å²) < 4.78 is 19.7. The number of aromatic nitrogens is 4. The molecule has 0 aliphatic rings. The van der Waals surface area contributed by atoms with Crippen molar-refractivity contribution in [2.75, 3.05) is 13.7 Å². The molecule has 1 aromatic carbocycles. The van der Waals surface area contributed by atoms with Gasteiger partial charge in [-0.1, -0.05) is 51.7 Å². The molecule has 0 N–H and O–H groups in total. The topological polar surface area (TPSA) is 71.3 Å². The Morgan fingerprint density at radius 3 is 2.62 bits per heavy atom. The Morgan fingerprint density at radius 1 is 1.16 bits per heavy atom. The number of pyridine rings is 1. The van der Waals surface area contributed by atoms with Crippen molar-refractivity contribution in [3.63, 3.8) is 0 Å². The quantitative estimate of drug-likeness (QED) is 0.230. The van der Waals surface area contributed by atoms with Gasteiger partial charge in [0.05, 0.1) is 7.11 Å². The van der Waals surface area contributed by atoms with Gasteiger partial charge in [-0.3, -0.25) is 0 Å². The van der Waals surface area contributed by atoms with Gasteiger partial charge in [-0.2, -0.15) is 9.67 Å². The smallest absolute Gasteiger partial charge is 0.323 e. The van der Waals surface area contributed by atoms with E-state index in [-0.39, 0.29) is 12.6 Å². The molecule has 0 unspecified atom stereocenters. The molecule has 172 valence electrons. The SMILES string of the molecule is COc1cc(-c2cccc(C(C)C)c2Oc2nc(Br)nn2COCC[Si](C)(C)C)ccn1. The highest BCUT2D eigenvalue weighted by Crippen LogP contribution is 2.40. The van der Waals surface area contributed by atoms with Crippen LogP contribution in [0.3, 0.4) is 0 Å². The zero-order valence-corrected chi connectivity index (χ0v) is 22.1. The van der Waals surface area contributed by atoms with Crippen LogP contribution < -0.4 is 9.47 Å². The Hall–Kier alpha value is -2.23. The summed E-state index contributed by atoms with van der Waals surface area (Å²) in [6.45, 7) is 12.2. The van der Waals surface area contributed by atoms with E-state index in [0.717, 1.165) is 28.5 Å². The molecular formula is C23H31BrN4O3Si. The maximum Gasteiger partial charge on any atom is 0.323 e. The van der Waals surface area contributed by atoms with Crippen LogP contribution in [-0.4, -0.2) is 41.5 Å². The Morgan fingerprint density at radius 2 is 1.94 bits per heavy atom. The fourth-order valence-corrected chi connectivity index (χ4v) is 4.22. The van der Waals surface area contributed by atoms with Crippen molar-refractivity contribution >= 4 is 24.0 Å². The summed E-state index contributed by atoms with van der Waals surface area (Å²) in [5.41, 5.74) is 2.96. The molecule has 0 amide bonds. The number of hydrogen-bond acceptors (Lipinski definition) is 6. The fourth-order valence-electron chi connectivity index (χ4n) is 3.12. The van der Waals surface area contributed by atoms with E-state index in [0.29, 0.717) is 23.2 Å². The van der Waals surface area contributed by atoms with E-state index >= 15 is 0 Å². The molecule has 32 heavy (non-hydrogen) atoms. The van der Waals surface area contributed by atoms with Gasteiger partial charge in [0.2, 0.25) is 10.6 Å². The van der Waals surface area contributed by atoms with Crippen molar-refractivity contribution in [3.8, 4) is 28.8 Å². The van der Waals surface area contributed by atoms with Gasteiger partial charge in [0.1, 0.15) is 12.5 Å². The molecule has 0 bridgehead atoms. The number of rotatable bonds is 10. The molecule has 0 saturated carbocycles. The monoisotopic (exact) mass is 518 g/mol.